The van der Waals surface area contributed by atoms with Crippen molar-refractivity contribution in [3.63, 3.8) is 0 Å². The lowest BCUT2D eigenvalue weighted by molar-refractivity contribution is -0.156. The van der Waals surface area contributed by atoms with Crippen LogP contribution in [0.5, 0.6) is 5.75 Å². The molecular formula is C25H28F2N2O6. The zero-order valence-electron chi connectivity index (χ0n) is 19.7. The van der Waals surface area contributed by atoms with Crippen LogP contribution in [-0.2, 0) is 22.6 Å². The lowest BCUT2D eigenvalue weighted by Crippen LogP contribution is -2.61. The lowest BCUT2D eigenvalue weighted by atomic mass is 9.59. The van der Waals surface area contributed by atoms with E-state index in [0.717, 1.165) is 18.9 Å². The van der Waals surface area contributed by atoms with Gasteiger partial charge < -0.3 is 24.5 Å². The van der Waals surface area contributed by atoms with E-state index in [2.05, 4.69) is 5.32 Å². The molecule has 10 heteroatoms. The van der Waals surface area contributed by atoms with Crippen molar-refractivity contribution >= 4 is 11.7 Å². The van der Waals surface area contributed by atoms with Gasteiger partial charge in [-0.25, -0.2) is 8.78 Å². The summed E-state index contributed by atoms with van der Waals surface area (Å²) in [5, 5.41) is 13.1. The predicted octanol–water partition coefficient (Wildman–Crippen LogP) is 2.94. The number of carbonyl (C=O) groups excluding carboxylic acids is 2. The summed E-state index contributed by atoms with van der Waals surface area (Å²) >= 11 is 0. The van der Waals surface area contributed by atoms with Gasteiger partial charge in [0.2, 0.25) is 5.43 Å². The number of aromatic nitrogens is 1. The Labute approximate surface area is 200 Å². The van der Waals surface area contributed by atoms with Crippen LogP contribution in [0.3, 0.4) is 0 Å². The van der Waals surface area contributed by atoms with Crippen molar-refractivity contribution in [3.8, 4) is 5.75 Å². The number of aromatic hydroxyl groups is 1. The van der Waals surface area contributed by atoms with Gasteiger partial charge in [0, 0.05) is 31.5 Å². The molecule has 2 N–H and O–H groups in total. The van der Waals surface area contributed by atoms with Crippen LogP contribution in [0.4, 0.5) is 8.78 Å². The average Bonchev–Trinajstić information content (AvgIpc) is 2.82. The molecule has 2 aromatic rings. The van der Waals surface area contributed by atoms with Crippen LogP contribution in [0.25, 0.3) is 0 Å². The van der Waals surface area contributed by atoms with E-state index in [0.29, 0.717) is 25.5 Å². The summed E-state index contributed by atoms with van der Waals surface area (Å²) < 4.78 is 39.8. The van der Waals surface area contributed by atoms with Gasteiger partial charge in [-0.05, 0) is 25.8 Å². The maximum absolute atomic E-state index is 13.9. The fraction of sp³-hybridized carbons (Fsp3) is 0.480. The lowest BCUT2D eigenvalue weighted by Gasteiger charge is -2.53. The van der Waals surface area contributed by atoms with Gasteiger partial charge in [-0.15, -0.1) is 0 Å². The van der Waals surface area contributed by atoms with Crippen molar-refractivity contribution in [1.82, 2.24) is 9.88 Å². The molecule has 0 spiro atoms. The normalized spacial score (nSPS) is 23.5. The quantitative estimate of drug-likeness (QED) is 0.578. The molecule has 1 saturated carbocycles. The van der Waals surface area contributed by atoms with E-state index in [9.17, 15) is 28.3 Å². The third-order valence-electron chi connectivity index (χ3n) is 7.28. The van der Waals surface area contributed by atoms with E-state index in [1.807, 2.05) is 0 Å². The number of methoxy groups -OCH3 is 1. The van der Waals surface area contributed by atoms with Gasteiger partial charge in [0.25, 0.3) is 5.91 Å². The molecule has 2 aliphatic rings. The van der Waals surface area contributed by atoms with Gasteiger partial charge in [-0.1, -0.05) is 18.9 Å². The summed E-state index contributed by atoms with van der Waals surface area (Å²) in [6.07, 6.45) is 4.02. The molecule has 35 heavy (non-hydrogen) atoms. The Hall–Kier alpha value is -3.11. The first kappa shape index (κ1) is 25.0. The fourth-order valence-corrected chi connectivity index (χ4v) is 5.21. The Morgan fingerprint density at radius 3 is 2.66 bits per heavy atom. The molecule has 1 aromatic carbocycles. The third-order valence-corrected chi connectivity index (χ3v) is 7.28. The number of carbonyl (C=O) groups is 2. The van der Waals surface area contributed by atoms with Crippen molar-refractivity contribution in [2.24, 2.45) is 5.41 Å². The summed E-state index contributed by atoms with van der Waals surface area (Å²) in [6.45, 7) is 2.26. The zero-order valence-corrected chi connectivity index (χ0v) is 19.7. The maximum Gasteiger partial charge on any atom is 0.257 e. The number of benzene rings is 1. The van der Waals surface area contributed by atoms with Crippen LogP contribution in [0, 0.1) is 17.0 Å². The van der Waals surface area contributed by atoms with E-state index in [4.69, 9.17) is 9.47 Å². The number of halogens is 2. The number of hydrogen-bond acceptors (Lipinski definition) is 6. The molecular weight excluding hydrogens is 462 g/mol. The first-order valence-electron chi connectivity index (χ1n) is 11.5. The minimum Gasteiger partial charge on any atom is -0.503 e. The highest BCUT2D eigenvalue weighted by molar-refractivity contribution is 6.04. The molecule has 1 aromatic heterocycles. The Kier molecular flexibility index (Phi) is 6.79. The summed E-state index contributed by atoms with van der Waals surface area (Å²) in [7, 11) is 1.55. The number of nitrogens with one attached hydrogen (secondary N) is 1. The van der Waals surface area contributed by atoms with Crippen LogP contribution < -0.4 is 10.7 Å². The monoisotopic (exact) mass is 490 g/mol. The van der Waals surface area contributed by atoms with Crippen LogP contribution in [0.1, 0.15) is 59.0 Å². The van der Waals surface area contributed by atoms with Gasteiger partial charge >= 0.3 is 0 Å². The standard InChI is InChI=1S/C25H28F2N2O6/c1-24-7-3-4-8-25(24,35-10-9-34-2)14-29-13-17(20(30)21(31)19(29)22(24)32)23(33)28-12-15-5-6-16(26)11-18(15)27/h5-6,11,13,31H,3-4,7-10,12,14H2,1-2H3,(H,28,33)/t24-,25-/m1/s1. The smallest absolute Gasteiger partial charge is 0.257 e. The van der Waals surface area contributed by atoms with Gasteiger partial charge in [0.15, 0.2) is 11.5 Å². The second-order valence-corrected chi connectivity index (χ2v) is 9.32. The fourth-order valence-electron chi connectivity index (χ4n) is 5.21. The van der Waals surface area contributed by atoms with Crippen LogP contribution in [-0.4, -0.2) is 47.3 Å². The molecule has 188 valence electrons. The van der Waals surface area contributed by atoms with Crippen LogP contribution >= 0.6 is 0 Å². The van der Waals surface area contributed by atoms with Crippen molar-refractivity contribution in [3.05, 3.63) is 63.1 Å². The Morgan fingerprint density at radius 2 is 1.94 bits per heavy atom. The molecule has 8 nitrogen and oxygen atoms in total. The SMILES string of the molecule is COCCO[C@@]12CCCC[C@]1(C)C(=O)c1c(O)c(=O)c(C(=O)NCc3ccc(F)cc3F)cn1C2. The summed E-state index contributed by atoms with van der Waals surface area (Å²) in [5.41, 5.74) is -3.35. The largest absolute Gasteiger partial charge is 0.503 e. The van der Waals surface area contributed by atoms with Crippen molar-refractivity contribution in [2.45, 2.75) is 51.3 Å². The van der Waals surface area contributed by atoms with Gasteiger partial charge in [-0.3, -0.25) is 14.4 Å². The number of fused-ring (bicyclic) bond motifs is 2. The second-order valence-electron chi connectivity index (χ2n) is 9.32. The highest BCUT2D eigenvalue weighted by atomic mass is 19.1. The first-order chi connectivity index (χ1) is 16.6. The molecule has 0 radical (unpaired) electrons. The summed E-state index contributed by atoms with van der Waals surface area (Å²) in [6, 6.07) is 2.93. The molecule has 2 heterocycles. The van der Waals surface area contributed by atoms with Crippen LogP contribution in [0.15, 0.2) is 29.2 Å². The van der Waals surface area contributed by atoms with Crippen molar-refractivity contribution in [1.29, 1.82) is 0 Å². The molecule has 0 bridgehead atoms. The van der Waals surface area contributed by atoms with E-state index in [1.54, 1.807) is 14.0 Å². The number of amides is 1. The summed E-state index contributed by atoms with van der Waals surface area (Å²) in [5.74, 6) is -3.66. The molecule has 1 amide bonds. The minimum absolute atomic E-state index is 0.0284. The predicted molar refractivity (Wildman–Crippen MR) is 121 cm³/mol. The zero-order chi connectivity index (χ0) is 25.4. The molecule has 4 rings (SSSR count). The van der Waals surface area contributed by atoms with Crippen molar-refractivity contribution < 1.29 is 33.0 Å². The van der Waals surface area contributed by atoms with Gasteiger partial charge in [0.1, 0.15) is 22.9 Å². The number of ether oxygens (including phenoxy) is 2. The minimum atomic E-state index is -0.992. The topological polar surface area (TPSA) is 107 Å². The Bertz CT molecular complexity index is 1230. The summed E-state index contributed by atoms with van der Waals surface area (Å²) in [4.78, 5) is 39.3. The average molecular weight is 491 g/mol. The van der Waals surface area contributed by atoms with Crippen LogP contribution in [0.2, 0.25) is 0 Å². The highest BCUT2D eigenvalue weighted by Crippen LogP contribution is 2.52. The molecule has 1 aliphatic carbocycles. The van der Waals surface area contributed by atoms with E-state index in [-0.39, 0.29) is 31.0 Å². The Morgan fingerprint density at radius 1 is 1.20 bits per heavy atom. The Balaban J connectivity index is 1.68. The number of nitrogens with zero attached hydrogens (tertiary/aromatic N) is 1. The first-order valence-corrected chi connectivity index (χ1v) is 11.5. The number of Topliss-reactive ketones (excluding diaryl/α,β-unsaturated/α-hetero) is 1. The molecule has 0 saturated heterocycles. The number of ketones is 1. The molecule has 0 unspecified atom stereocenters. The van der Waals surface area contributed by atoms with E-state index < -0.39 is 51.1 Å². The van der Waals surface area contributed by atoms with Crippen molar-refractivity contribution in [2.75, 3.05) is 20.3 Å². The molecule has 1 aliphatic heterocycles. The second kappa shape index (κ2) is 9.50. The van der Waals surface area contributed by atoms with Gasteiger partial charge in [-0.2, -0.15) is 0 Å². The number of hydrogen-bond donors (Lipinski definition) is 2. The highest BCUT2D eigenvalue weighted by Gasteiger charge is 2.59. The third kappa shape index (κ3) is 4.25. The van der Waals surface area contributed by atoms with Gasteiger partial charge in [0.05, 0.1) is 30.8 Å². The van der Waals surface area contributed by atoms with E-state index in [1.165, 1.54) is 16.8 Å². The number of pyridine rings is 1. The molecule has 1 fully saturated rings. The molecule has 2 atom stereocenters. The number of rotatable bonds is 7. The maximum atomic E-state index is 13.9. The van der Waals surface area contributed by atoms with E-state index >= 15 is 0 Å².